The Kier molecular flexibility index (Phi) is 4.04. The molecule has 5 nitrogen and oxygen atoms in total. The van der Waals surface area contributed by atoms with Crippen molar-refractivity contribution in [3.8, 4) is 0 Å². The molecule has 0 radical (unpaired) electrons. The second-order valence-corrected chi connectivity index (χ2v) is 6.63. The Morgan fingerprint density at radius 3 is 2.35 bits per heavy atom. The van der Waals surface area contributed by atoms with Crippen LogP contribution in [-0.4, -0.2) is 26.4 Å². The van der Waals surface area contributed by atoms with E-state index in [1.807, 2.05) is 0 Å². The summed E-state index contributed by atoms with van der Waals surface area (Å²) < 4.78 is 27.7. The normalized spacial score (nSPS) is 15.7. The van der Waals surface area contributed by atoms with E-state index in [9.17, 15) is 18.0 Å². The number of hydrogen-bond donors (Lipinski definition) is 0. The molecule has 0 spiro atoms. The maximum absolute atomic E-state index is 11.9. The Bertz CT molecular complexity index is 668. The van der Waals surface area contributed by atoms with E-state index in [1.165, 1.54) is 30.3 Å². The van der Waals surface area contributed by atoms with Gasteiger partial charge in [-0.2, -0.15) is 0 Å². The highest BCUT2D eigenvalue weighted by atomic mass is 32.2. The number of esters is 1. The molecule has 0 aliphatic heterocycles. The van der Waals surface area contributed by atoms with E-state index in [-0.39, 0.29) is 16.2 Å². The predicted octanol–water partition coefficient (Wildman–Crippen LogP) is 1.88. The lowest BCUT2D eigenvalue weighted by Crippen LogP contribution is -2.10. The molecule has 0 heterocycles. The fraction of sp³-hybridized carbons (Fsp3) is 0.286. The highest BCUT2D eigenvalue weighted by molar-refractivity contribution is 7.90. The number of ketones is 1. The molecule has 0 N–H and O–H groups in total. The van der Waals surface area contributed by atoms with Crippen molar-refractivity contribution >= 4 is 21.6 Å². The average Bonchev–Trinajstić information content (AvgIpc) is 2.38. The molecule has 1 aliphatic carbocycles. The van der Waals surface area contributed by atoms with Crippen LogP contribution in [0.4, 0.5) is 0 Å². The van der Waals surface area contributed by atoms with Crippen molar-refractivity contribution in [3.63, 3.8) is 0 Å². The number of ether oxygens (including phenoxy) is 1. The zero-order valence-electron chi connectivity index (χ0n) is 11.0. The molecule has 0 saturated carbocycles. The Labute approximate surface area is 117 Å². The molecule has 6 heteroatoms. The summed E-state index contributed by atoms with van der Waals surface area (Å²) in [6.07, 6.45) is 4.14. The van der Waals surface area contributed by atoms with Gasteiger partial charge < -0.3 is 4.74 Å². The molecule has 0 aromatic heterocycles. The highest BCUT2D eigenvalue weighted by Crippen LogP contribution is 2.18. The summed E-state index contributed by atoms with van der Waals surface area (Å²) in [4.78, 5) is 23.2. The zero-order valence-corrected chi connectivity index (χ0v) is 11.8. The van der Waals surface area contributed by atoms with Gasteiger partial charge in [-0.25, -0.2) is 13.2 Å². The topological polar surface area (TPSA) is 77.5 Å². The van der Waals surface area contributed by atoms with Gasteiger partial charge in [0.15, 0.2) is 15.6 Å². The minimum Gasteiger partial charge on any atom is -0.427 e. The molecule has 2 rings (SSSR count). The van der Waals surface area contributed by atoms with Crippen molar-refractivity contribution in [3.05, 3.63) is 41.7 Å². The van der Waals surface area contributed by atoms with Crippen molar-refractivity contribution in [1.29, 1.82) is 0 Å². The smallest absolute Gasteiger partial charge is 0.343 e. The fourth-order valence-corrected chi connectivity index (χ4v) is 2.49. The SMILES string of the molecule is CS(=O)(=O)c1ccc(C(=O)OC2=CC(=O)CCC2)cc1. The van der Waals surface area contributed by atoms with Gasteiger partial charge in [-0.05, 0) is 30.7 Å². The monoisotopic (exact) mass is 294 g/mol. The van der Waals surface area contributed by atoms with Crippen molar-refractivity contribution in [2.24, 2.45) is 0 Å². The van der Waals surface area contributed by atoms with Gasteiger partial charge in [-0.1, -0.05) is 0 Å². The Hall–Kier alpha value is -1.95. The zero-order chi connectivity index (χ0) is 14.8. The summed E-state index contributed by atoms with van der Waals surface area (Å²) in [5.41, 5.74) is 0.247. The third-order valence-electron chi connectivity index (χ3n) is 2.91. The molecule has 0 unspecified atom stereocenters. The van der Waals surface area contributed by atoms with Gasteiger partial charge in [0.2, 0.25) is 0 Å². The number of hydrogen-bond acceptors (Lipinski definition) is 5. The van der Waals surface area contributed by atoms with Gasteiger partial charge in [0.1, 0.15) is 5.76 Å². The van der Waals surface area contributed by atoms with E-state index < -0.39 is 15.8 Å². The summed E-state index contributed by atoms with van der Waals surface area (Å²) in [5, 5.41) is 0. The molecule has 20 heavy (non-hydrogen) atoms. The highest BCUT2D eigenvalue weighted by Gasteiger charge is 2.16. The van der Waals surface area contributed by atoms with Crippen molar-refractivity contribution in [1.82, 2.24) is 0 Å². The van der Waals surface area contributed by atoms with E-state index >= 15 is 0 Å². The van der Waals surface area contributed by atoms with Gasteiger partial charge in [0, 0.05) is 25.2 Å². The maximum Gasteiger partial charge on any atom is 0.343 e. The first-order valence-electron chi connectivity index (χ1n) is 6.12. The number of sulfone groups is 1. The quantitative estimate of drug-likeness (QED) is 0.795. The van der Waals surface area contributed by atoms with Crippen molar-refractivity contribution in [2.45, 2.75) is 24.2 Å². The van der Waals surface area contributed by atoms with Crippen LogP contribution in [0.5, 0.6) is 0 Å². The first kappa shape index (κ1) is 14.5. The Morgan fingerprint density at radius 1 is 1.15 bits per heavy atom. The molecular weight excluding hydrogens is 280 g/mol. The summed E-state index contributed by atoms with van der Waals surface area (Å²) in [5.74, 6) is -0.282. The summed E-state index contributed by atoms with van der Waals surface area (Å²) >= 11 is 0. The molecule has 0 atom stereocenters. The minimum atomic E-state index is -3.29. The third kappa shape index (κ3) is 3.54. The van der Waals surface area contributed by atoms with E-state index in [0.29, 0.717) is 25.0 Å². The minimum absolute atomic E-state index is 0.0496. The Morgan fingerprint density at radius 2 is 1.80 bits per heavy atom. The van der Waals surface area contributed by atoms with Crippen LogP contribution < -0.4 is 0 Å². The number of benzene rings is 1. The summed E-state index contributed by atoms with van der Waals surface area (Å²) in [7, 11) is -3.29. The van der Waals surface area contributed by atoms with Crippen LogP contribution in [-0.2, 0) is 19.4 Å². The molecular formula is C14H14O5S. The van der Waals surface area contributed by atoms with Crippen LogP contribution in [0, 0.1) is 0 Å². The van der Waals surface area contributed by atoms with Crippen LogP contribution in [0.2, 0.25) is 0 Å². The van der Waals surface area contributed by atoms with E-state index in [1.54, 1.807) is 0 Å². The average molecular weight is 294 g/mol. The summed E-state index contributed by atoms with van der Waals surface area (Å²) in [6, 6.07) is 5.49. The maximum atomic E-state index is 11.9. The number of carbonyl (C=O) groups excluding carboxylic acids is 2. The first-order valence-corrected chi connectivity index (χ1v) is 8.01. The molecule has 0 amide bonds. The second kappa shape index (κ2) is 5.58. The molecule has 0 fully saturated rings. The Balaban J connectivity index is 2.12. The molecule has 0 saturated heterocycles. The van der Waals surface area contributed by atoms with Gasteiger partial charge >= 0.3 is 5.97 Å². The van der Waals surface area contributed by atoms with Crippen molar-refractivity contribution in [2.75, 3.05) is 6.26 Å². The lowest BCUT2D eigenvalue weighted by Gasteiger charge is -2.12. The van der Waals surface area contributed by atoms with Gasteiger partial charge in [-0.3, -0.25) is 4.79 Å². The number of rotatable bonds is 3. The van der Waals surface area contributed by atoms with Crippen LogP contribution in [0.1, 0.15) is 29.6 Å². The molecule has 1 aromatic carbocycles. The fourth-order valence-electron chi connectivity index (χ4n) is 1.86. The standard InChI is InChI=1S/C14H14O5S/c1-20(17,18)13-7-5-10(6-8-13)14(16)19-12-4-2-3-11(15)9-12/h5-9H,2-4H2,1H3. The van der Waals surface area contributed by atoms with Gasteiger partial charge in [0.25, 0.3) is 0 Å². The van der Waals surface area contributed by atoms with Crippen LogP contribution in [0.15, 0.2) is 41.0 Å². The van der Waals surface area contributed by atoms with Gasteiger partial charge in [-0.15, -0.1) is 0 Å². The largest absolute Gasteiger partial charge is 0.427 e. The van der Waals surface area contributed by atoms with Crippen LogP contribution >= 0.6 is 0 Å². The molecule has 106 valence electrons. The third-order valence-corrected chi connectivity index (χ3v) is 4.04. The van der Waals surface area contributed by atoms with E-state index in [2.05, 4.69) is 0 Å². The number of carbonyl (C=O) groups is 2. The van der Waals surface area contributed by atoms with Gasteiger partial charge in [0.05, 0.1) is 10.5 Å². The predicted molar refractivity (Wildman–Crippen MR) is 71.9 cm³/mol. The van der Waals surface area contributed by atoms with E-state index in [4.69, 9.17) is 4.74 Å². The van der Waals surface area contributed by atoms with Crippen LogP contribution in [0.25, 0.3) is 0 Å². The second-order valence-electron chi connectivity index (χ2n) is 4.62. The lowest BCUT2D eigenvalue weighted by atomic mass is 10.1. The van der Waals surface area contributed by atoms with E-state index in [0.717, 1.165) is 6.26 Å². The molecule has 1 aliphatic rings. The molecule has 0 bridgehead atoms. The lowest BCUT2D eigenvalue weighted by molar-refractivity contribution is -0.115. The number of allylic oxidation sites excluding steroid dienone is 2. The summed E-state index contributed by atoms with van der Waals surface area (Å²) in [6.45, 7) is 0. The van der Waals surface area contributed by atoms with Crippen molar-refractivity contribution < 1.29 is 22.7 Å². The first-order chi connectivity index (χ1) is 9.36. The molecule has 1 aromatic rings. The van der Waals surface area contributed by atoms with Crippen LogP contribution in [0.3, 0.4) is 0 Å².